The van der Waals surface area contributed by atoms with Crippen LogP contribution in [0.4, 0.5) is 4.39 Å². The number of H-pyrrole nitrogens is 1. The highest BCUT2D eigenvalue weighted by molar-refractivity contribution is 6.32. The third-order valence-electron chi connectivity index (χ3n) is 4.79. The van der Waals surface area contributed by atoms with E-state index in [1.54, 1.807) is 6.07 Å². The van der Waals surface area contributed by atoms with Crippen molar-refractivity contribution in [2.24, 2.45) is 0 Å². The molecule has 4 rings (SSSR count). The first-order valence-corrected chi connectivity index (χ1v) is 10.4. The minimum Gasteiger partial charge on any atom is -0.452 e. The molecule has 1 amide bonds. The lowest BCUT2D eigenvalue weighted by atomic mass is 10.1. The number of nitrogens with one attached hydrogen (secondary N) is 2. The Kier molecular flexibility index (Phi) is 6.11. The smallest absolute Gasteiger partial charge is 0.273 e. The first-order chi connectivity index (χ1) is 15.0. The summed E-state index contributed by atoms with van der Waals surface area (Å²) in [4.78, 5) is 19.4. The zero-order chi connectivity index (χ0) is 22.0. The van der Waals surface area contributed by atoms with E-state index in [2.05, 4.69) is 15.3 Å². The first-order valence-electron chi connectivity index (χ1n) is 9.63. The third-order valence-corrected chi connectivity index (χ3v) is 5.36. The van der Waals surface area contributed by atoms with E-state index >= 15 is 4.39 Å². The van der Waals surface area contributed by atoms with Crippen LogP contribution in [0.1, 0.15) is 28.8 Å². The number of benzene rings is 3. The van der Waals surface area contributed by atoms with Gasteiger partial charge in [-0.1, -0.05) is 72.6 Å². The van der Waals surface area contributed by atoms with Gasteiger partial charge in [0.15, 0.2) is 17.3 Å². The summed E-state index contributed by atoms with van der Waals surface area (Å²) in [5.41, 5.74) is 0.287. The standard InChI is InChI=1S/C23H18Cl2FN3O2/c1-2-18-28-20(22(25)29-18)23(30)27-12-14-10-11-16(24)21(19(14)26)31-17-9-5-7-13-6-3-4-8-15(13)17/h3-11H,2,12H2,1H3,(H,27,30)(H,28,29). The van der Waals surface area contributed by atoms with Crippen LogP contribution in [0.3, 0.4) is 0 Å². The van der Waals surface area contributed by atoms with E-state index in [9.17, 15) is 4.79 Å². The average molecular weight is 458 g/mol. The zero-order valence-corrected chi connectivity index (χ0v) is 18.0. The maximum atomic E-state index is 15.2. The monoisotopic (exact) mass is 457 g/mol. The van der Waals surface area contributed by atoms with Gasteiger partial charge in [0.05, 0.1) is 5.02 Å². The Morgan fingerprint density at radius 1 is 1.13 bits per heavy atom. The van der Waals surface area contributed by atoms with Gasteiger partial charge in [0.2, 0.25) is 0 Å². The summed E-state index contributed by atoms with van der Waals surface area (Å²) in [6, 6.07) is 16.2. The summed E-state index contributed by atoms with van der Waals surface area (Å²) in [6.07, 6.45) is 0.605. The van der Waals surface area contributed by atoms with E-state index in [4.69, 9.17) is 27.9 Å². The molecular formula is C23H18Cl2FN3O2. The molecule has 0 aliphatic rings. The van der Waals surface area contributed by atoms with Crippen molar-refractivity contribution in [2.75, 3.05) is 0 Å². The third kappa shape index (κ3) is 4.36. The van der Waals surface area contributed by atoms with Gasteiger partial charge in [-0.05, 0) is 17.5 Å². The van der Waals surface area contributed by atoms with E-state index in [0.29, 0.717) is 18.0 Å². The van der Waals surface area contributed by atoms with Gasteiger partial charge >= 0.3 is 0 Å². The van der Waals surface area contributed by atoms with Crippen LogP contribution < -0.4 is 10.1 Å². The molecule has 0 aliphatic heterocycles. The summed E-state index contributed by atoms with van der Waals surface area (Å²) >= 11 is 12.2. The Balaban J connectivity index is 1.57. The fourth-order valence-corrected chi connectivity index (χ4v) is 3.59. The second-order valence-corrected chi connectivity index (χ2v) is 7.60. The molecular weight excluding hydrogens is 440 g/mol. The van der Waals surface area contributed by atoms with Crippen molar-refractivity contribution in [1.29, 1.82) is 0 Å². The predicted molar refractivity (Wildman–Crippen MR) is 120 cm³/mol. The van der Waals surface area contributed by atoms with Crippen molar-refractivity contribution in [3.8, 4) is 11.5 Å². The molecule has 0 bridgehead atoms. The number of aromatic amines is 1. The van der Waals surface area contributed by atoms with Gasteiger partial charge in [0.25, 0.3) is 5.91 Å². The Morgan fingerprint density at radius 3 is 2.68 bits per heavy atom. The highest BCUT2D eigenvalue weighted by Crippen LogP contribution is 2.36. The molecule has 0 unspecified atom stereocenters. The van der Waals surface area contributed by atoms with Crippen molar-refractivity contribution < 1.29 is 13.9 Å². The number of imidazole rings is 1. The molecule has 0 atom stereocenters. The zero-order valence-electron chi connectivity index (χ0n) is 16.5. The number of rotatable bonds is 6. The Labute approximate surface area is 188 Å². The summed E-state index contributed by atoms with van der Waals surface area (Å²) in [7, 11) is 0. The fraction of sp³-hybridized carbons (Fsp3) is 0.130. The van der Waals surface area contributed by atoms with E-state index in [-0.39, 0.29) is 33.7 Å². The quantitative estimate of drug-likeness (QED) is 0.357. The first kappa shape index (κ1) is 21.2. The Morgan fingerprint density at radius 2 is 1.90 bits per heavy atom. The van der Waals surface area contributed by atoms with Gasteiger partial charge in [-0.3, -0.25) is 4.79 Å². The maximum absolute atomic E-state index is 15.2. The number of nitrogens with zero attached hydrogens (tertiary/aromatic N) is 1. The van der Waals surface area contributed by atoms with Gasteiger partial charge in [0.1, 0.15) is 16.7 Å². The number of aryl methyl sites for hydroxylation is 1. The minimum absolute atomic E-state index is 0.0696. The molecule has 31 heavy (non-hydrogen) atoms. The number of aromatic nitrogens is 2. The molecule has 0 saturated heterocycles. The molecule has 0 spiro atoms. The van der Waals surface area contributed by atoms with Crippen LogP contribution in [0.15, 0.2) is 54.6 Å². The van der Waals surface area contributed by atoms with Crippen LogP contribution in [-0.2, 0) is 13.0 Å². The SMILES string of the molecule is CCc1nc(C(=O)NCc2ccc(Cl)c(Oc3cccc4ccccc34)c2F)c(Cl)[nH]1. The van der Waals surface area contributed by atoms with Gasteiger partial charge in [-0.15, -0.1) is 0 Å². The lowest BCUT2D eigenvalue weighted by Gasteiger charge is -2.14. The van der Waals surface area contributed by atoms with Crippen LogP contribution in [0.5, 0.6) is 11.5 Å². The topological polar surface area (TPSA) is 67.0 Å². The second-order valence-electron chi connectivity index (χ2n) is 6.81. The summed E-state index contributed by atoms with van der Waals surface area (Å²) in [5, 5.41) is 4.70. The number of halogens is 3. The van der Waals surface area contributed by atoms with Crippen LogP contribution in [0.25, 0.3) is 10.8 Å². The van der Waals surface area contributed by atoms with Crippen molar-refractivity contribution >= 4 is 39.9 Å². The molecule has 1 heterocycles. The second kappa shape index (κ2) is 8.96. The molecule has 0 radical (unpaired) electrons. The molecule has 158 valence electrons. The number of carbonyl (C=O) groups is 1. The predicted octanol–water partition coefficient (Wildman–Crippen LogP) is 6.29. The lowest BCUT2D eigenvalue weighted by Crippen LogP contribution is -2.24. The molecule has 0 aliphatic carbocycles. The lowest BCUT2D eigenvalue weighted by molar-refractivity contribution is 0.0946. The number of ether oxygens (including phenoxy) is 1. The fourth-order valence-electron chi connectivity index (χ4n) is 3.17. The van der Waals surface area contributed by atoms with Crippen LogP contribution >= 0.6 is 23.2 Å². The van der Waals surface area contributed by atoms with Gasteiger partial charge in [0, 0.05) is 23.9 Å². The average Bonchev–Trinajstić information content (AvgIpc) is 3.17. The van der Waals surface area contributed by atoms with E-state index in [1.165, 1.54) is 12.1 Å². The van der Waals surface area contributed by atoms with E-state index in [1.807, 2.05) is 43.3 Å². The van der Waals surface area contributed by atoms with Crippen molar-refractivity contribution in [3.63, 3.8) is 0 Å². The van der Waals surface area contributed by atoms with Crippen molar-refractivity contribution in [3.05, 3.63) is 87.7 Å². The number of hydrogen-bond acceptors (Lipinski definition) is 3. The molecule has 5 nitrogen and oxygen atoms in total. The highest BCUT2D eigenvalue weighted by atomic mass is 35.5. The van der Waals surface area contributed by atoms with Crippen LogP contribution in [0.2, 0.25) is 10.2 Å². The van der Waals surface area contributed by atoms with Gasteiger partial charge in [-0.2, -0.15) is 0 Å². The summed E-state index contributed by atoms with van der Waals surface area (Å²) in [5.74, 6) is -0.181. The van der Waals surface area contributed by atoms with E-state index < -0.39 is 11.7 Å². The number of fused-ring (bicyclic) bond motifs is 1. The number of amides is 1. The van der Waals surface area contributed by atoms with Gasteiger partial charge in [-0.25, -0.2) is 9.37 Å². The Hall–Kier alpha value is -3.09. The molecule has 0 saturated carbocycles. The highest BCUT2D eigenvalue weighted by Gasteiger charge is 2.19. The maximum Gasteiger partial charge on any atom is 0.273 e. The molecule has 8 heteroatoms. The van der Waals surface area contributed by atoms with E-state index in [0.717, 1.165) is 10.8 Å². The van der Waals surface area contributed by atoms with Gasteiger partial charge < -0.3 is 15.0 Å². The molecule has 3 aromatic carbocycles. The Bertz CT molecular complexity index is 1270. The number of carbonyl (C=O) groups excluding carboxylic acids is 1. The largest absolute Gasteiger partial charge is 0.452 e. The van der Waals surface area contributed by atoms with Crippen molar-refractivity contribution in [2.45, 2.75) is 19.9 Å². The normalized spacial score (nSPS) is 11.0. The van der Waals surface area contributed by atoms with Crippen LogP contribution in [-0.4, -0.2) is 15.9 Å². The summed E-state index contributed by atoms with van der Waals surface area (Å²) < 4.78 is 21.1. The minimum atomic E-state index is -0.650. The van der Waals surface area contributed by atoms with Crippen molar-refractivity contribution in [1.82, 2.24) is 15.3 Å². The molecule has 1 aromatic heterocycles. The molecule has 4 aromatic rings. The number of hydrogen-bond donors (Lipinski definition) is 2. The molecule has 2 N–H and O–H groups in total. The summed E-state index contributed by atoms with van der Waals surface area (Å²) in [6.45, 7) is 1.80. The van der Waals surface area contributed by atoms with Crippen LogP contribution in [0, 0.1) is 5.82 Å². The molecule has 0 fully saturated rings.